The molecule has 1 rings (SSSR count). The molecule has 0 saturated heterocycles. The molecule has 0 spiro atoms. The van der Waals surface area contributed by atoms with E-state index in [9.17, 15) is 4.79 Å². The van der Waals surface area contributed by atoms with Crippen molar-refractivity contribution >= 4 is 5.97 Å². The Bertz CT molecular complexity index is 336. The third-order valence-electron chi connectivity index (χ3n) is 1.96. The number of esters is 1. The molecule has 0 fully saturated rings. The maximum Gasteiger partial charge on any atom is 0.344 e. The first-order valence-electron chi connectivity index (χ1n) is 5.24. The van der Waals surface area contributed by atoms with Crippen molar-refractivity contribution in [3.8, 4) is 5.75 Å². The number of rotatable bonds is 6. The molecule has 1 N–H and O–H groups in total. The third kappa shape index (κ3) is 4.31. The van der Waals surface area contributed by atoms with E-state index in [1.165, 1.54) is 0 Å². The number of ether oxygens (including phenoxy) is 2. The van der Waals surface area contributed by atoms with Gasteiger partial charge < -0.3 is 14.6 Å². The zero-order chi connectivity index (χ0) is 11.8. The number of hydrogen-bond donors (Lipinski definition) is 1. The van der Waals surface area contributed by atoms with Crippen LogP contribution in [0.1, 0.15) is 12.5 Å². The monoisotopic (exact) mass is 224 g/mol. The normalized spacial score (nSPS) is 9.88. The van der Waals surface area contributed by atoms with Crippen molar-refractivity contribution < 1.29 is 19.4 Å². The minimum absolute atomic E-state index is 0.0869. The van der Waals surface area contributed by atoms with Crippen LogP contribution in [0.3, 0.4) is 0 Å². The predicted molar refractivity (Wildman–Crippen MR) is 59.4 cm³/mol. The van der Waals surface area contributed by atoms with Gasteiger partial charge in [0.05, 0.1) is 6.61 Å². The van der Waals surface area contributed by atoms with Gasteiger partial charge in [-0.3, -0.25) is 0 Å². The van der Waals surface area contributed by atoms with E-state index in [1.807, 2.05) is 12.1 Å². The van der Waals surface area contributed by atoms with Gasteiger partial charge in [-0.05, 0) is 31.0 Å². The molecule has 16 heavy (non-hydrogen) atoms. The average molecular weight is 224 g/mol. The lowest BCUT2D eigenvalue weighted by atomic mass is 10.1. The van der Waals surface area contributed by atoms with Crippen LogP contribution in [0.15, 0.2) is 24.3 Å². The summed E-state index contributed by atoms with van der Waals surface area (Å²) in [6.07, 6.45) is 0.580. The summed E-state index contributed by atoms with van der Waals surface area (Å²) in [5.74, 6) is 0.231. The predicted octanol–water partition coefficient (Wildman–Crippen LogP) is 1.16. The van der Waals surface area contributed by atoms with Gasteiger partial charge in [0.2, 0.25) is 0 Å². The van der Waals surface area contributed by atoms with Crippen LogP contribution in [0.2, 0.25) is 0 Å². The largest absolute Gasteiger partial charge is 0.482 e. The van der Waals surface area contributed by atoms with Gasteiger partial charge >= 0.3 is 5.97 Å². The van der Waals surface area contributed by atoms with Gasteiger partial charge in [-0.15, -0.1) is 0 Å². The van der Waals surface area contributed by atoms with Crippen LogP contribution >= 0.6 is 0 Å². The van der Waals surface area contributed by atoms with E-state index < -0.39 is 0 Å². The van der Waals surface area contributed by atoms with Crippen molar-refractivity contribution in [1.82, 2.24) is 0 Å². The van der Waals surface area contributed by atoms with Gasteiger partial charge in [0.1, 0.15) is 5.75 Å². The average Bonchev–Trinajstić information content (AvgIpc) is 2.28. The van der Waals surface area contributed by atoms with E-state index in [0.717, 1.165) is 5.56 Å². The molecule has 0 aliphatic rings. The zero-order valence-electron chi connectivity index (χ0n) is 9.31. The molecule has 1 aromatic carbocycles. The Morgan fingerprint density at radius 1 is 1.44 bits per heavy atom. The van der Waals surface area contributed by atoms with E-state index in [0.29, 0.717) is 18.8 Å². The number of hydrogen-bond acceptors (Lipinski definition) is 4. The molecule has 0 bridgehead atoms. The summed E-state index contributed by atoms with van der Waals surface area (Å²) in [4.78, 5) is 11.0. The highest BCUT2D eigenvalue weighted by Gasteiger charge is 2.03. The van der Waals surface area contributed by atoms with Gasteiger partial charge in [-0.2, -0.15) is 0 Å². The maximum atomic E-state index is 11.0. The minimum Gasteiger partial charge on any atom is -0.482 e. The van der Waals surface area contributed by atoms with E-state index in [1.54, 1.807) is 19.1 Å². The summed E-state index contributed by atoms with van der Waals surface area (Å²) in [7, 11) is 0. The van der Waals surface area contributed by atoms with Gasteiger partial charge in [0.15, 0.2) is 6.61 Å². The van der Waals surface area contributed by atoms with Crippen molar-refractivity contribution in [1.29, 1.82) is 0 Å². The molecule has 88 valence electrons. The van der Waals surface area contributed by atoms with E-state index in [4.69, 9.17) is 14.6 Å². The standard InChI is InChI=1S/C12H16O4/c1-2-15-12(14)9-16-11-5-3-4-10(8-11)6-7-13/h3-5,8,13H,2,6-7,9H2,1H3. The summed E-state index contributed by atoms with van der Waals surface area (Å²) < 4.78 is 9.99. The van der Waals surface area contributed by atoms with Gasteiger partial charge in [0.25, 0.3) is 0 Å². The fourth-order valence-electron chi connectivity index (χ4n) is 1.26. The molecular formula is C12H16O4. The fraction of sp³-hybridized carbons (Fsp3) is 0.417. The summed E-state index contributed by atoms with van der Waals surface area (Å²) in [5.41, 5.74) is 0.976. The molecule has 0 radical (unpaired) electrons. The van der Waals surface area contributed by atoms with Crippen LogP contribution in [0.4, 0.5) is 0 Å². The number of carbonyl (C=O) groups excluding carboxylic acids is 1. The fourth-order valence-corrected chi connectivity index (χ4v) is 1.26. The SMILES string of the molecule is CCOC(=O)COc1cccc(CCO)c1. The second kappa shape index (κ2) is 6.85. The van der Waals surface area contributed by atoms with Crippen molar-refractivity contribution in [3.05, 3.63) is 29.8 Å². The smallest absolute Gasteiger partial charge is 0.344 e. The Hall–Kier alpha value is -1.55. The highest BCUT2D eigenvalue weighted by molar-refractivity contribution is 5.71. The topological polar surface area (TPSA) is 55.8 Å². The molecule has 0 unspecified atom stereocenters. The highest BCUT2D eigenvalue weighted by Crippen LogP contribution is 2.13. The van der Waals surface area contributed by atoms with E-state index >= 15 is 0 Å². The van der Waals surface area contributed by atoms with Crippen molar-refractivity contribution in [2.24, 2.45) is 0 Å². The van der Waals surface area contributed by atoms with Crippen molar-refractivity contribution in [3.63, 3.8) is 0 Å². The lowest BCUT2D eigenvalue weighted by molar-refractivity contribution is -0.145. The molecular weight excluding hydrogens is 208 g/mol. The number of aliphatic hydroxyl groups excluding tert-OH is 1. The van der Waals surface area contributed by atoms with E-state index in [2.05, 4.69) is 0 Å². The summed E-state index contributed by atoms with van der Waals surface area (Å²) >= 11 is 0. The van der Waals surface area contributed by atoms with E-state index in [-0.39, 0.29) is 19.2 Å². The number of benzene rings is 1. The lowest BCUT2D eigenvalue weighted by Gasteiger charge is -2.07. The second-order valence-corrected chi connectivity index (χ2v) is 3.21. The Labute approximate surface area is 94.8 Å². The molecule has 0 atom stereocenters. The summed E-state index contributed by atoms with van der Waals surface area (Å²) in [5, 5.41) is 8.78. The summed E-state index contributed by atoms with van der Waals surface area (Å²) in [6, 6.07) is 7.29. The van der Waals surface area contributed by atoms with Crippen LogP contribution in [0.25, 0.3) is 0 Å². The first kappa shape index (κ1) is 12.5. The van der Waals surface area contributed by atoms with Gasteiger partial charge in [0, 0.05) is 6.61 Å². The minimum atomic E-state index is -0.380. The van der Waals surface area contributed by atoms with Crippen LogP contribution in [0, 0.1) is 0 Å². The lowest BCUT2D eigenvalue weighted by Crippen LogP contribution is -2.14. The van der Waals surface area contributed by atoms with Crippen LogP contribution in [-0.4, -0.2) is 30.9 Å². The van der Waals surface area contributed by atoms with Gasteiger partial charge in [-0.25, -0.2) is 4.79 Å². The van der Waals surface area contributed by atoms with Crippen LogP contribution in [0.5, 0.6) is 5.75 Å². The zero-order valence-corrected chi connectivity index (χ0v) is 9.31. The molecule has 0 aliphatic carbocycles. The van der Waals surface area contributed by atoms with Crippen LogP contribution < -0.4 is 4.74 Å². The third-order valence-corrected chi connectivity index (χ3v) is 1.96. The molecule has 0 aliphatic heterocycles. The summed E-state index contributed by atoms with van der Waals surface area (Å²) in [6.45, 7) is 2.12. The molecule has 0 amide bonds. The quantitative estimate of drug-likeness (QED) is 0.737. The van der Waals surface area contributed by atoms with Crippen molar-refractivity contribution in [2.75, 3.05) is 19.8 Å². The number of carbonyl (C=O) groups is 1. The first-order chi connectivity index (χ1) is 7.76. The molecule has 4 heteroatoms. The highest BCUT2D eigenvalue weighted by atomic mass is 16.6. The van der Waals surface area contributed by atoms with Gasteiger partial charge in [-0.1, -0.05) is 12.1 Å². The molecule has 1 aromatic rings. The number of aliphatic hydroxyl groups is 1. The Morgan fingerprint density at radius 2 is 2.25 bits per heavy atom. The molecule has 0 heterocycles. The Balaban J connectivity index is 2.47. The van der Waals surface area contributed by atoms with Crippen LogP contribution in [-0.2, 0) is 16.0 Å². The Kier molecular flexibility index (Phi) is 5.36. The molecule has 0 aromatic heterocycles. The maximum absolute atomic E-state index is 11.0. The molecule has 0 saturated carbocycles. The first-order valence-corrected chi connectivity index (χ1v) is 5.24. The Morgan fingerprint density at radius 3 is 2.94 bits per heavy atom. The van der Waals surface area contributed by atoms with Crippen molar-refractivity contribution in [2.45, 2.75) is 13.3 Å². The second-order valence-electron chi connectivity index (χ2n) is 3.21. The molecule has 4 nitrogen and oxygen atoms in total.